The molecule has 0 aromatic heterocycles. The molecule has 2 aliphatic rings. The van der Waals surface area contributed by atoms with Gasteiger partial charge in [-0.3, -0.25) is 9.59 Å². The fourth-order valence-electron chi connectivity index (χ4n) is 3.74. The second-order valence-corrected chi connectivity index (χ2v) is 7.68. The minimum Gasteiger partial charge on any atom is -0.481 e. The van der Waals surface area contributed by atoms with Gasteiger partial charge in [0.25, 0.3) is 5.92 Å². The van der Waals surface area contributed by atoms with Crippen LogP contribution in [0.15, 0.2) is 0 Å². The van der Waals surface area contributed by atoms with Crippen LogP contribution in [0.5, 0.6) is 0 Å². The van der Waals surface area contributed by atoms with Crippen LogP contribution in [0, 0.1) is 11.8 Å². The molecule has 1 amide bonds. The normalized spacial score (nSPS) is 25.4. The van der Waals surface area contributed by atoms with Crippen LogP contribution in [0.1, 0.15) is 46.0 Å². The number of likely N-dealkylation sites (tertiary alicyclic amines) is 2. The highest BCUT2D eigenvalue weighted by molar-refractivity contribution is 5.77. The minimum atomic E-state index is -2.81. The zero-order chi connectivity index (χ0) is 17.9. The highest BCUT2D eigenvalue weighted by Crippen LogP contribution is 2.34. The number of carbonyl (C=O) groups is 2. The predicted octanol–water partition coefficient (Wildman–Crippen LogP) is 2.46. The molecule has 2 saturated heterocycles. The molecule has 5 nitrogen and oxygen atoms in total. The summed E-state index contributed by atoms with van der Waals surface area (Å²) in [4.78, 5) is 26.5. The molecule has 2 heterocycles. The molecule has 0 aliphatic carbocycles. The lowest BCUT2D eigenvalue weighted by atomic mass is 9.93. The van der Waals surface area contributed by atoms with Gasteiger partial charge in [0.15, 0.2) is 0 Å². The first-order chi connectivity index (χ1) is 11.2. The van der Waals surface area contributed by atoms with Gasteiger partial charge in [-0.1, -0.05) is 13.8 Å². The second-order valence-electron chi connectivity index (χ2n) is 7.68. The Morgan fingerprint density at radius 3 is 2.42 bits per heavy atom. The van der Waals surface area contributed by atoms with Gasteiger partial charge in [-0.25, -0.2) is 8.78 Å². The van der Waals surface area contributed by atoms with Gasteiger partial charge < -0.3 is 14.9 Å². The first kappa shape index (κ1) is 19.1. The zero-order valence-corrected chi connectivity index (χ0v) is 14.5. The molecule has 2 aliphatic heterocycles. The monoisotopic (exact) mass is 346 g/mol. The lowest BCUT2D eigenvalue weighted by Gasteiger charge is -2.35. The third-order valence-corrected chi connectivity index (χ3v) is 4.92. The van der Waals surface area contributed by atoms with Crippen molar-refractivity contribution >= 4 is 11.9 Å². The molecule has 1 atom stereocenters. The molecular formula is C17H28F2N2O3. The van der Waals surface area contributed by atoms with Gasteiger partial charge in [-0.05, 0) is 37.8 Å². The van der Waals surface area contributed by atoms with Crippen LogP contribution in [-0.2, 0) is 9.59 Å². The number of alkyl halides is 2. The van der Waals surface area contributed by atoms with Crippen molar-refractivity contribution in [3.8, 4) is 0 Å². The minimum absolute atomic E-state index is 0.152. The van der Waals surface area contributed by atoms with E-state index >= 15 is 0 Å². The van der Waals surface area contributed by atoms with E-state index in [0.717, 1.165) is 12.8 Å². The average Bonchev–Trinajstić information content (AvgIpc) is 2.75. The van der Waals surface area contributed by atoms with E-state index in [9.17, 15) is 18.4 Å². The molecule has 0 saturated carbocycles. The fraction of sp³-hybridized carbons (Fsp3) is 0.882. The van der Waals surface area contributed by atoms with Gasteiger partial charge in [-0.15, -0.1) is 0 Å². The number of rotatable bonds is 6. The number of carbonyl (C=O) groups excluding carboxylic acids is 1. The molecule has 138 valence electrons. The summed E-state index contributed by atoms with van der Waals surface area (Å²) in [5.74, 6) is -3.46. The standard InChI is InChI=1S/C17H28F2N2O3/c1-12(2)7-15(22)21-11-17(18,19)9-14(21)10-20-5-3-13(4-6-20)8-16(23)24/h12-14H,3-11H2,1-2H3,(H,23,24)/t14-/m0/s1. The Morgan fingerprint density at radius 1 is 1.25 bits per heavy atom. The molecule has 2 rings (SSSR count). The smallest absolute Gasteiger partial charge is 0.303 e. The molecule has 7 heteroatoms. The van der Waals surface area contributed by atoms with Crippen LogP contribution in [0.25, 0.3) is 0 Å². The van der Waals surface area contributed by atoms with Gasteiger partial charge >= 0.3 is 5.97 Å². The van der Waals surface area contributed by atoms with E-state index in [1.54, 1.807) is 0 Å². The number of carboxylic acids is 1. The molecule has 24 heavy (non-hydrogen) atoms. The summed E-state index contributed by atoms with van der Waals surface area (Å²) >= 11 is 0. The number of halogens is 2. The van der Waals surface area contributed by atoms with Crippen LogP contribution in [0.3, 0.4) is 0 Å². The van der Waals surface area contributed by atoms with Gasteiger partial charge in [0.05, 0.1) is 12.6 Å². The molecule has 0 bridgehead atoms. The highest BCUT2D eigenvalue weighted by atomic mass is 19.3. The van der Waals surface area contributed by atoms with Crippen molar-refractivity contribution in [2.24, 2.45) is 11.8 Å². The van der Waals surface area contributed by atoms with Crippen molar-refractivity contribution in [3.05, 3.63) is 0 Å². The quantitative estimate of drug-likeness (QED) is 0.803. The lowest BCUT2D eigenvalue weighted by molar-refractivity contribution is -0.138. The summed E-state index contributed by atoms with van der Waals surface area (Å²) in [7, 11) is 0. The van der Waals surface area contributed by atoms with Crippen LogP contribution < -0.4 is 0 Å². The van der Waals surface area contributed by atoms with Crippen molar-refractivity contribution < 1.29 is 23.5 Å². The molecule has 0 aromatic rings. The summed E-state index contributed by atoms with van der Waals surface area (Å²) in [5.41, 5.74) is 0. The van der Waals surface area contributed by atoms with E-state index in [-0.39, 0.29) is 30.6 Å². The van der Waals surface area contributed by atoms with Crippen LogP contribution in [-0.4, -0.2) is 64.9 Å². The fourth-order valence-corrected chi connectivity index (χ4v) is 3.74. The second kappa shape index (κ2) is 7.76. The van der Waals surface area contributed by atoms with Crippen molar-refractivity contribution in [1.29, 1.82) is 0 Å². The van der Waals surface area contributed by atoms with Crippen LogP contribution in [0.2, 0.25) is 0 Å². The molecule has 0 spiro atoms. The van der Waals surface area contributed by atoms with E-state index in [4.69, 9.17) is 5.11 Å². The summed E-state index contributed by atoms with van der Waals surface area (Å²) in [6, 6.07) is -0.442. The molecule has 0 unspecified atom stereocenters. The first-order valence-corrected chi connectivity index (χ1v) is 8.77. The maximum Gasteiger partial charge on any atom is 0.303 e. The molecular weight excluding hydrogens is 318 g/mol. The number of piperidine rings is 1. The third kappa shape index (κ3) is 5.40. The largest absolute Gasteiger partial charge is 0.481 e. The summed E-state index contributed by atoms with van der Waals surface area (Å²) in [6.07, 6.45) is 1.75. The highest BCUT2D eigenvalue weighted by Gasteiger charge is 2.47. The van der Waals surface area contributed by atoms with Gasteiger partial charge in [0.1, 0.15) is 0 Å². The Labute approximate surface area is 142 Å². The van der Waals surface area contributed by atoms with Crippen molar-refractivity contribution in [1.82, 2.24) is 9.80 Å². The number of amides is 1. The number of hydrogen-bond acceptors (Lipinski definition) is 3. The Kier molecular flexibility index (Phi) is 6.17. The molecule has 1 N–H and O–H groups in total. The topological polar surface area (TPSA) is 60.9 Å². The Bertz CT molecular complexity index is 463. The lowest BCUT2D eigenvalue weighted by Crippen LogP contribution is -2.46. The Hall–Kier alpha value is -1.24. The van der Waals surface area contributed by atoms with E-state index in [2.05, 4.69) is 4.90 Å². The molecule has 0 aromatic carbocycles. The number of hydrogen-bond donors (Lipinski definition) is 1. The third-order valence-electron chi connectivity index (χ3n) is 4.92. The van der Waals surface area contributed by atoms with Crippen molar-refractivity contribution in [3.63, 3.8) is 0 Å². The number of nitrogens with zero attached hydrogens (tertiary/aromatic N) is 2. The SMILES string of the molecule is CC(C)CC(=O)N1CC(F)(F)C[C@H]1CN1CCC(CC(=O)O)CC1. The van der Waals surface area contributed by atoms with E-state index < -0.39 is 24.5 Å². The summed E-state index contributed by atoms with van der Waals surface area (Å²) < 4.78 is 27.6. The first-order valence-electron chi connectivity index (χ1n) is 8.77. The summed E-state index contributed by atoms with van der Waals surface area (Å²) in [6.45, 7) is 5.24. The number of aliphatic carboxylic acids is 1. The van der Waals surface area contributed by atoms with E-state index in [1.165, 1.54) is 4.90 Å². The van der Waals surface area contributed by atoms with Gasteiger partial charge in [0.2, 0.25) is 5.91 Å². The van der Waals surface area contributed by atoms with Crippen molar-refractivity contribution in [2.45, 2.75) is 57.9 Å². The Morgan fingerprint density at radius 2 is 1.88 bits per heavy atom. The van der Waals surface area contributed by atoms with E-state index in [0.29, 0.717) is 26.1 Å². The van der Waals surface area contributed by atoms with Gasteiger partial charge in [0, 0.05) is 25.8 Å². The van der Waals surface area contributed by atoms with E-state index in [1.807, 2.05) is 13.8 Å². The Balaban J connectivity index is 1.90. The molecule has 0 radical (unpaired) electrons. The predicted molar refractivity (Wildman–Crippen MR) is 85.9 cm³/mol. The van der Waals surface area contributed by atoms with Gasteiger partial charge in [-0.2, -0.15) is 0 Å². The average molecular weight is 346 g/mol. The molecule has 2 fully saturated rings. The number of carboxylic acid groups (broad SMARTS) is 1. The van der Waals surface area contributed by atoms with Crippen LogP contribution >= 0.6 is 0 Å². The van der Waals surface area contributed by atoms with Crippen molar-refractivity contribution in [2.75, 3.05) is 26.2 Å². The zero-order valence-electron chi connectivity index (χ0n) is 14.5. The maximum absolute atomic E-state index is 13.8. The maximum atomic E-state index is 13.8. The summed E-state index contributed by atoms with van der Waals surface area (Å²) in [5, 5.41) is 8.85. The van der Waals surface area contributed by atoms with Crippen LogP contribution in [0.4, 0.5) is 8.78 Å².